The fraction of sp³-hybridized carbons (Fsp3) is 0.182. The third-order valence-corrected chi connectivity index (χ3v) is 7.13. The fourth-order valence-electron chi connectivity index (χ4n) is 2.19. The number of aryl methyl sites for hydroxylation is 1. The molecule has 1 aliphatic carbocycles. The van der Waals surface area contributed by atoms with Crippen molar-refractivity contribution in [3.8, 4) is 16.2 Å². The van der Waals surface area contributed by atoms with Crippen molar-refractivity contribution in [2.75, 3.05) is 0 Å². The molecule has 19 heavy (non-hydrogen) atoms. The molecule has 8 heteroatoms. The number of phenols is 1. The smallest absolute Gasteiger partial charge is 0.298 e. The minimum Gasteiger partial charge on any atom is -0.506 e. The Morgan fingerprint density at radius 1 is 1.21 bits per heavy atom. The third kappa shape index (κ3) is 2.13. The minimum absolute atomic E-state index is 0.413. The van der Waals surface area contributed by atoms with Gasteiger partial charge < -0.3 is 5.11 Å². The molecule has 3 rings (SSSR count). The first-order valence-electron chi connectivity index (χ1n) is 5.33. The maximum Gasteiger partial charge on any atom is 0.298 e. The lowest BCUT2D eigenvalue weighted by Crippen LogP contribution is -2.05. The molecule has 2 aromatic rings. The van der Waals surface area contributed by atoms with Crippen LogP contribution >= 0.6 is 32.9 Å². The van der Waals surface area contributed by atoms with Gasteiger partial charge in [0, 0.05) is 5.56 Å². The Hall–Kier alpha value is -0.800. The Balaban J connectivity index is 2.33. The van der Waals surface area contributed by atoms with Crippen LogP contribution in [0.15, 0.2) is 17.0 Å². The van der Waals surface area contributed by atoms with E-state index in [-0.39, 0.29) is 0 Å². The standard InChI is InChI=1S/C11H8O4S4/c12-8-3-5-1-2-6-10(17-18-11(6)16)7(5)4-9(8)19(13,14)15/h3-4,12H,1-2H2,(H,13,14,15). The van der Waals surface area contributed by atoms with Crippen molar-refractivity contribution in [1.29, 1.82) is 0 Å². The molecule has 0 saturated carbocycles. The van der Waals surface area contributed by atoms with Crippen LogP contribution in [0.2, 0.25) is 0 Å². The van der Waals surface area contributed by atoms with Gasteiger partial charge in [0.1, 0.15) is 14.5 Å². The molecule has 4 nitrogen and oxygen atoms in total. The van der Waals surface area contributed by atoms with Crippen molar-refractivity contribution >= 4 is 43.0 Å². The monoisotopic (exact) mass is 332 g/mol. The van der Waals surface area contributed by atoms with Crippen LogP contribution in [0.1, 0.15) is 11.1 Å². The number of hydrogen-bond acceptors (Lipinski definition) is 6. The van der Waals surface area contributed by atoms with Gasteiger partial charge in [0.15, 0.2) is 0 Å². The second-order valence-electron chi connectivity index (χ2n) is 4.21. The summed E-state index contributed by atoms with van der Waals surface area (Å²) >= 11 is 5.25. The van der Waals surface area contributed by atoms with E-state index < -0.39 is 20.8 Å². The number of rotatable bonds is 1. The fourth-order valence-corrected chi connectivity index (χ4v) is 5.82. The topological polar surface area (TPSA) is 74.6 Å². The zero-order valence-corrected chi connectivity index (χ0v) is 12.7. The number of fused-ring (bicyclic) bond motifs is 3. The van der Waals surface area contributed by atoms with Gasteiger partial charge in [-0.25, -0.2) is 0 Å². The van der Waals surface area contributed by atoms with Crippen molar-refractivity contribution < 1.29 is 18.1 Å². The molecule has 100 valence electrons. The number of aromatic hydroxyl groups is 1. The molecule has 0 fully saturated rings. The average Bonchev–Trinajstić information content (AvgIpc) is 2.69. The van der Waals surface area contributed by atoms with Crippen LogP contribution in [-0.2, 0) is 23.0 Å². The summed E-state index contributed by atoms with van der Waals surface area (Å²) < 4.78 is 32.4. The quantitative estimate of drug-likeness (QED) is 0.476. The highest BCUT2D eigenvalue weighted by molar-refractivity contribution is 7.86. The van der Waals surface area contributed by atoms with Crippen LogP contribution in [0.4, 0.5) is 0 Å². The zero-order valence-electron chi connectivity index (χ0n) is 9.41. The summed E-state index contributed by atoms with van der Waals surface area (Å²) in [6, 6.07) is 2.74. The van der Waals surface area contributed by atoms with Gasteiger partial charge in [-0.1, -0.05) is 32.9 Å². The molecule has 0 spiro atoms. The van der Waals surface area contributed by atoms with E-state index in [9.17, 15) is 13.5 Å². The van der Waals surface area contributed by atoms with E-state index in [1.165, 1.54) is 32.8 Å². The van der Waals surface area contributed by atoms with Gasteiger partial charge in [0.05, 0.1) is 4.88 Å². The number of benzene rings is 1. The Bertz CT molecular complexity index is 829. The van der Waals surface area contributed by atoms with Crippen molar-refractivity contribution in [2.24, 2.45) is 0 Å². The van der Waals surface area contributed by atoms with E-state index in [1.54, 1.807) is 0 Å². The molecule has 0 unspecified atom stereocenters. The zero-order chi connectivity index (χ0) is 13.8. The van der Waals surface area contributed by atoms with E-state index in [1.807, 2.05) is 0 Å². The first kappa shape index (κ1) is 13.2. The van der Waals surface area contributed by atoms with Gasteiger partial charge in [-0.15, -0.1) is 0 Å². The summed E-state index contributed by atoms with van der Waals surface area (Å²) in [6.07, 6.45) is 1.50. The summed E-state index contributed by atoms with van der Waals surface area (Å²) in [5.74, 6) is -0.413. The molecule has 0 radical (unpaired) electrons. The van der Waals surface area contributed by atoms with E-state index in [0.717, 1.165) is 31.8 Å². The summed E-state index contributed by atoms with van der Waals surface area (Å²) in [7, 11) is -1.45. The molecule has 0 bridgehead atoms. The van der Waals surface area contributed by atoms with Crippen LogP contribution < -0.4 is 0 Å². The molecule has 0 aliphatic heterocycles. The highest BCUT2D eigenvalue weighted by Crippen LogP contribution is 2.43. The summed E-state index contributed by atoms with van der Waals surface area (Å²) in [5, 5.41) is 9.70. The largest absolute Gasteiger partial charge is 0.506 e. The molecule has 1 aromatic carbocycles. The number of phenolic OH excluding ortho intramolecular Hbond substituents is 1. The normalized spacial score (nSPS) is 13.9. The van der Waals surface area contributed by atoms with Crippen molar-refractivity contribution in [2.45, 2.75) is 17.7 Å². The van der Waals surface area contributed by atoms with Crippen molar-refractivity contribution in [3.63, 3.8) is 0 Å². The van der Waals surface area contributed by atoms with Crippen molar-refractivity contribution in [1.82, 2.24) is 0 Å². The minimum atomic E-state index is -4.43. The lowest BCUT2D eigenvalue weighted by molar-refractivity contribution is 0.442. The van der Waals surface area contributed by atoms with Gasteiger partial charge in [-0.05, 0) is 36.1 Å². The summed E-state index contributed by atoms with van der Waals surface area (Å²) in [5.41, 5.74) is 2.68. The van der Waals surface area contributed by atoms with Gasteiger partial charge in [0.25, 0.3) is 10.1 Å². The maximum atomic E-state index is 11.2. The molecule has 1 aliphatic rings. The summed E-state index contributed by atoms with van der Waals surface area (Å²) in [4.78, 5) is 0.490. The maximum absolute atomic E-state index is 11.2. The van der Waals surface area contributed by atoms with Gasteiger partial charge in [0.2, 0.25) is 0 Å². The molecule has 0 amide bonds. The molecule has 1 heterocycles. The van der Waals surface area contributed by atoms with Gasteiger partial charge >= 0.3 is 0 Å². The lowest BCUT2D eigenvalue weighted by atomic mass is 9.92. The Morgan fingerprint density at radius 3 is 2.63 bits per heavy atom. The third-order valence-electron chi connectivity index (χ3n) is 3.07. The average molecular weight is 332 g/mol. The van der Waals surface area contributed by atoms with E-state index >= 15 is 0 Å². The first-order chi connectivity index (χ1) is 8.88. The second-order valence-corrected chi connectivity index (χ2v) is 8.42. The van der Waals surface area contributed by atoms with Crippen LogP contribution in [-0.4, -0.2) is 18.1 Å². The number of hydrogen-bond donors (Lipinski definition) is 2. The predicted molar refractivity (Wildman–Crippen MR) is 77.4 cm³/mol. The molecule has 0 saturated heterocycles. The highest BCUT2D eigenvalue weighted by atomic mass is 32.9. The second kappa shape index (κ2) is 4.35. The predicted octanol–water partition coefficient (Wildman–Crippen LogP) is 3.26. The molecule has 0 atom stereocenters. The van der Waals surface area contributed by atoms with Crippen LogP contribution in [0, 0.1) is 3.82 Å². The van der Waals surface area contributed by atoms with Crippen LogP contribution in [0.25, 0.3) is 10.4 Å². The van der Waals surface area contributed by atoms with Crippen LogP contribution in [0.5, 0.6) is 5.75 Å². The van der Waals surface area contributed by atoms with E-state index in [4.69, 9.17) is 16.8 Å². The Morgan fingerprint density at radius 2 is 1.95 bits per heavy atom. The first-order valence-corrected chi connectivity index (χ1v) is 9.33. The molecular weight excluding hydrogens is 324 g/mol. The van der Waals surface area contributed by atoms with Gasteiger partial charge in [-0.3, -0.25) is 4.55 Å². The Kier molecular flexibility index (Phi) is 3.02. The SMILES string of the molecule is O=S(=O)(O)c1cc2c(cc1O)CCc1c-2ssc1=S. The van der Waals surface area contributed by atoms with Crippen molar-refractivity contribution in [3.05, 3.63) is 27.1 Å². The van der Waals surface area contributed by atoms with Gasteiger partial charge in [-0.2, -0.15) is 8.42 Å². The van der Waals surface area contributed by atoms with E-state index in [0.29, 0.717) is 6.42 Å². The molecule has 2 N–H and O–H groups in total. The highest BCUT2D eigenvalue weighted by Gasteiger charge is 2.24. The Labute approximate surface area is 122 Å². The lowest BCUT2D eigenvalue weighted by Gasteiger charge is -2.17. The molecule has 1 aromatic heterocycles. The van der Waals surface area contributed by atoms with Crippen LogP contribution in [0.3, 0.4) is 0 Å². The summed E-state index contributed by atoms with van der Waals surface area (Å²) in [6.45, 7) is 0. The molecular formula is C11H8O4S4. The van der Waals surface area contributed by atoms with E-state index in [2.05, 4.69) is 0 Å².